The van der Waals surface area contributed by atoms with Crippen molar-refractivity contribution in [2.45, 2.75) is 64.8 Å². The summed E-state index contributed by atoms with van der Waals surface area (Å²) in [5, 5.41) is 3.66. The summed E-state index contributed by atoms with van der Waals surface area (Å²) >= 11 is 0. The minimum absolute atomic E-state index is 0.734. The van der Waals surface area contributed by atoms with E-state index in [0.29, 0.717) is 0 Å². The van der Waals surface area contributed by atoms with Crippen molar-refractivity contribution in [3.8, 4) is 0 Å². The van der Waals surface area contributed by atoms with Crippen LogP contribution < -0.4 is 5.32 Å². The molecule has 2 aliphatic rings. The Morgan fingerprint density at radius 3 is 2.89 bits per heavy atom. The van der Waals surface area contributed by atoms with Crippen LogP contribution in [0.1, 0.15) is 58.8 Å². The molecule has 0 amide bonds. The summed E-state index contributed by atoms with van der Waals surface area (Å²) in [5.41, 5.74) is 0. The molecule has 2 fully saturated rings. The molecule has 0 spiro atoms. The fourth-order valence-electron chi connectivity index (χ4n) is 3.74. The highest BCUT2D eigenvalue weighted by atomic mass is 15.2. The standard InChI is InChI=1S/C16H32N2/c1-3-16-13-18(10-5-9-17-16)11-8-15-7-4-6-14(2)12-15/h14-17H,3-13H2,1-2H3. The van der Waals surface area contributed by atoms with Crippen molar-refractivity contribution in [3.05, 3.63) is 0 Å². The fraction of sp³-hybridized carbons (Fsp3) is 1.00. The van der Waals surface area contributed by atoms with Gasteiger partial charge < -0.3 is 10.2 Å². The molecule has 1 heterocycles. The minimum atomic E-state index is 0.734. The molecule has 106 valence electrons. The van der Waals surface area contributed by atoms with E-state index in [1.165, 1.54) is 71.1 Å². The molecule has 3 unspecified atom stereocenters. The van der Waals surface area contributed by atoms with Crippen molar-refractivity contribution < 1.29 is 0 Å². The summed E-state index contributed by atoms with van der Waals surface area (Å²) in [4.78, 5) is 2.72. The van der Waals surface area contributed by atoms with Gasteiger partial charge in [-0.1, -0.05) is 33.1 Å². The van der Waals surface area contributed by atoms with E-state index in [4.69, 9.17) is 0 Å². The monoisotopic (exact) mass is 252 g/mol. The van der Waals surface area contributed by atoms with Gasteiger partial charge in [0.15, 0.2) is 0 Å². The van der Waals surface area contributed by atoms with Crippen LogP contribution in [0.3, 0.4) is 0 Å². The normalized spacial score (nSPS) is 35.3. The second-order valence-corrected chi connectivity index (χ2v) is 6.64. The number of hydrogen-bond acceptors (Lipinski definition) is 2. The van der Waals surface area contributed by atoms with Crippen LogP contribution in [-0.2, 0) is 0 Å². The molecule has 2 nitrogen and oxygen atoms in total. The van der Waals surface area contributed by atoms with E-state index < -0.39 is 0 Å². The van der Waals surface area contributed by atoms with E-state index in [1.54, 1.807) is 0 Å². The molecule has 0 aromatic rings. The van der Waals surface area contributed by atoms with Gasteiger partial charge in [0, 0.05) is 12.6 Å². The van der Waals surface area contributed by atoms with Gasteiger partial charge in [-0.25, -0.2) is 0 Å². The Morgan fingerprint density at radius 2 is 2.11 bits per heavy atom. The van der Waals surface area contributed by atoms with E-state index in [1.807, 2.05) is 0 Å². The SMILES string of the molecule is CCC1CN(CCC2CCCC(C)C2)CCCN1. The molecule has 18 heavy (non-hydrogen) atoms. The second kappa shape index (κ2) is 7.49. The van der Waals surface area contributed by atoms with E-state index in [9.17, 15) is 0 Å². The summed E-state index contributed by atoms with van der Waals surface area (Å²) in [5.74, 6) is 2.00. The third-order valence-electron chi connectivity index (χ3n) is 4.95. The fourth-order valence-corrected chi connectivity index (χ4v) is 3.74. The zero-order chi connectivity index (χ0) is 12.8. The van der Waals surface area contributed by atoms with Gasteiger partial charge in [0.2, 0.25) is 0 Å². The number of rotatable bonds is 4. The van der Waals surface area contributed by atoms with Crippen molar-refractivity contribution in [2.24, 2.45) is 11.8 Å². The first-order valence-electron chi connectivity index (χ1n) is 8.23. The Morgan fingerprint density at radius 1 is 1.22 bits per heavy atom. The third-order valence-corrected chi connectivity index (χ3v) is 4.95. The predicted octanol–water partition coefficient (Wildman–Crippen LogP) is 3.28. The maximum Gasteiger partial charge on any atom is 0.0192 e. The topological polar surface area (TPSA) is 15.3 Å². The largest absolute Gasteiger partial charge is 0.313 e. The number of nitrogens with zero attached hydrogens (tertiary/aromatic N) is 1. The summed E-state index contributed by atoms with van der Waals surface area (Å²) in [6, 6.07) is 0.734. The third kappa shape index (κ3) is 4.55. The van der Waals surface area contributed by atoms with Crippen LogP contribution in [-0.4, -0.2) is 37.1 Å². The molecule has 2 rings (SSSR count). The molecule has 3 atom stereocenters. The highest BCUT2D eigenvalue weighted by molar-refractivity contribution is 4.77. The molecule has 0 aromatic heterocycles. The van der Waals surface area contributed by atoms with Gasteiger partial charge >= 0.3 is 0 Å². The van der Waals surface area contributed by atoms with Gasteiger partial charge in [0.05, 0.1) is 0 Å². The Hall–Kier alpha value is -0.0800. The zero-order valence-electron chi connectivity index (χ0n) is 12.5. The van der Waals surface area contributed by atoms with Gasteiger partial charge in [-0.15, -0.1) is 0 Å². The molecule has 0 aromatic carbocycles. The first-order chi connectivity index (χ1) is 8.78. The minimum Gasteiger partial charge on any atom is -0.313 e. The first-order valence-corrected chi connectivity index (χ1v) is 8.23. The van der Waals surface area contributed by atoms with Crippen LogP contribution in [0, 0.1) is 11.8 Å². The maximum absolute atomic E-state index is 3.66. The lowest BCUT2D eigenvalue weighted by atomic mass is 9.81. The number of nitrogens with one attached hydrogen (secondary N) is 1. The lowest BCUT2D eigenvalue weighted by molar-refractivity contribution is 0.208. The molecule has 1 N–H and O–H groups in total. The zero-order valence-corrected chi connectivity index (χ0v) is 12.5. The summed E-state index contributed by atoms with van der Waals surface area (Å²) in [6.07, 6.45) is 9.99. The van der Waals surface area contributed by atoms with Gasteiger partial charge in [-0.2, -0.15) is 0 Å². The molecule has 1 saturated carbocycles. The lowest BCUT2D eigenvalue weighted by Crippen LogP contribution is -2.38. The molecule has 1 aliphatic carbocycles. The van der Waals surface area contributed by atoms with Crippen molar-refractivity contribution in [1.82, 2.24) is 10.2 Å². The quantitative estimate of drug-likeness (QED) is 0.826. The highest BCUT2D eigenvalue weighted by Crippen LogP contribution is 2.30. The van der Waals surface area contributed by atoms with Crippen molar-refractivity contribution in [2.75, 3.05) is 26.2 Å². The Labute approximate surface area is 114 Å². The van der Waals surface area contributed by atoms with Crippen LogP contribution in [0.4, 0.5) is 0 Å². The van der Waals surface area contributed by atoms with Crippen LogP contribution in [0.15, 0.2) is 0 Å². The predicted molar refractivity (Wildman–Crippen MR) is 78.9 cm³/mol. The van der Waals surface area contributed by atoms with E-state index in [2.05, 4.69) is 24.1 Å². The lowest BCUT2D eigenvalue weighted by Gasteiger charge is -2.30. The van der Waals surface area contributed by atoms with Crippen molar-refractivity contribution in [1.29, 1.82) is 0 Å². The van der Waals surface area contributed by atoms with Crippen molar-refractivity contribution >= 4 is 0 Å². The van der Waals surface area contributed by atoms with Gasteiger partial charge in [0.25, 0.3) is 0 Å². The van der Waals surface area contributed by atoms with Gasteiger partial charge in [-0.05, 0) is 57.2 Å². The highest BCUT2D eigenvalue weighted by Gasteiger charge is 2.21. The van der Waals surface area contributed by atoms with E-state index in [-0.39, 0.29) is 0 Å². The van der Waals surface area contributed by atoms with E-state index in [0.717, 1.165) is 17.9 Å². The summed E-state index contributed by atoms with van der Waals surface area (Å²) in [6.45, 7) is 9.90. The molecule has 0 bridgehead atoms. The van der Waals surface area contributed by atoms with Gasteiger partial charge in [-0.3, -0.25) is 0 Å². The van der Waals surface area contributed by atoms with Crippen LogP contribution in [0.5, 0.6) is 0 Å². The van der Waals surface area contributed by atoms with E-state index >= 15 is 0 Å². The Balaban J connectivity index is 1.71. The van der Waals surface area contributed by atoms with Crippen LogP contribution in [0.25, 0.3) is 0 Å². The average molecular weight is 252 g/mol. The molecule has 1 saturated heterocycles. The summed E-state index contributed by atoms with van der Waals surface area (Å²) in [7, 11) is 0. The molecular formula is C16H32N2. The first kappa shape index (κ1) is 14.3. The van der Waals surface area contributed by atoms with Crippen LogP contribution in [0.2, 0.25) is 0 Å². The molecular weight excluding hydrogens is 220 g/mol. The van der Waals surface area contributed by atoms with Crippen LogP contribution >= 0.6 is 0 Å². The smallest absolute Gasteiger partial charge is 0.0192 e. The number of hydrogen-bond donors (Lipinski definition) is 1. The second-order valence-electron chi connectivity index (χ2n) is 6.64. The summed E-state index contributed by atoms with van der Waals surface area (Å²) < 4.78 is 0. The Kier molecular flexibility index (Phi) is 5.97. The molecule has 2 heteroatoms. The van der Waals surface area contributed by atoms with Crippen molar-refractivity contribution in [3.63, 3.8) is 0 Å². The Bertz CT molecular complexity index is 229. The average Bonchev–Trinajstić information content (AvgIpc) is 2.61. The van der Waals surface area contributed by atoms with Gasteiger partial charge in [0.1, 0.15) is 0 Å². The molecule has 1 aliphatic heterocycles. The molecule has 0 radical (unpaired) electrons. The maximum atomic E-state index is 3.66.